The number of hydrogen-bond donors (Lipinski definition) is 1. The van der Waals surface area contributed by atoms with Gasteiger partial charge in [-0.2, -0.15) is 13.2 Å². The van der Waals surface area contributed by atoms with Crippen LogP contribution in [0.3, 0.4) is 0 Å². The van der Waals surface area contributed by atoms with Gasteiger partial charge in [-0.15, -0.1) is 0 Å². The highest BCUT2D eigenvalue weighted by atomic mass is 19.4. The highest BCUT2D eigenvalue weighted by molar-refractivity contribution is 5.94. The van der Waals surface area contributed by atoms with Crippen molar-refractivity contribution in [3.63, 3.8) is 0 Å². The predicted octanol–water partition coefficient (Wildman–Crippen LogP) is 2.24. The molecule has 1 aliphatic heterocycles. The van der Waals surface area contributed by atoms with Crippen LogP contribution in [0, 0.1) is 5.92 Å². The van der Waals surface area contributed by atoms with Gasteiger partial charge in [-0.05, 0) is 37.1 Å². The van der Waals surface area contributed by atoms with Crippen molar-refractivity contribution in [2.45, 2.75) is 19.0 Å². The molecule has 0 bridgehead atoms. The van der Waals surface area contributed by atoms with Crippen molar-refractivity contribution < 1.29 is 27.6 Å². The molecule has 0 radical (unpaired) electrons. The Morgan fingerprint density at radius 3 is 2.22 bits per heavy atom. The fourth-order valence-corrected chi connectivity index (χ4v) is 2.51. The van der Waals surface area contributed by atoms with Gasteiger partial charge in [-0.25, -0.2) is 5.48 Å². The van der Waals surface area contributed by atoms with E-state index in [-0.39, 0.29) is 23.3 Å². The Morgan fingerprint density at radius 2 is 1.74 bits per heavy atom. The number of carbonyl (C=O) groups excluding carboxylic acids is 2. The van der Waals surface area contributed by atoms with Crippen LogP contribution in [0.4, 0.5) is 13.2 Å². The highest BCUT2D eigenvalue weighted by Gasteiger charge is 2.31. The number of hydroxylamine groups is 1. The van der Waals surface area contributed by atoms with Crippen LogP contribution < -0.4 is 5.48 Å². The lowest BCUT2D eigenvalue weighted by Gasteiger charge is -2.31. The molecule has 1 N–H and O–H groups in total. The van der Waals surface area contributed by atoms with Gasteiger partial charge in [0.15, 0.2) is 0 Å². The summed E-state index contributed by atoms with van der Waals surface area (Å²) in [6.45, 7) is 0.753. The molecule has 0 spiro atoms. The van der Waals surface area contributed by atoms with E-state index in [1.54, 1.807) is 4.90 Å². The molecule has 1 fully saturated rings. The third kappa shape index (κ3) is 4.22. The predicted molar refractivity (Wildman–Crippen MR) is 75.2 cm³/mol. The number of rotatable bonds is 3. The summed E-state index contributed by atoms with van der Waals surface area (Å²) in [4.78, 5) is 30.0. The summed E-state index contributed by atoms with van der Waals surface area (Å²) in [6.07, 6.45) is -3.45. The van der Waals surface area contributed by atoms with E-state index < -0.39 is 11.7 Å². The molecule has 0 aliphatic carbocycles. The number of nitrogens with one attached hydrogen (secondary N) is 1. The number of hydrogen-bond acceptors (Lipinski definition) is 3. The van der Waals surface area contributed by atoms with Crippen molar-refractivity contribution in [2.24, 2.45) is 5.92 Å². The number of carbonyl (C=O) groups is 2. The van der Waals surface area contributed by atoms with Crippen molar-refractivity contribution in [3.05, 3.63) is 35.4 Å². The van der Waals surface area contributed by atoms with E-state index in [1.165, 1.54) is 19.2 Å². The fraction of sp³-hybridized carbons (Fsp3) is 0.467. The van der Waals surface area contributed by atoms with Gasteiger partial charge in [-0.1, -0.05) is 0 Å². The lowest BCUT2D eigenvalue weighted by Crippen LogP contribution is -2.42. The lowest BCUT2D eigenvalue weighted by atomic mass is 9.95. The van der Waals surface area contributed by atoms with E-state index >= 15 is 0 Å². The fourth-order valence-electron chi connectivity index (χ4n) is 2.51. The molecule has 1 saturated heterocycles. The van der Waals surface area contributed by atoms with Gasteiger partial charge in [0.1, 0.15) is 0 Å². The third-order valence-corrected chi connectivity index (χ3v) is 3.81. The SMILES string of the molecule is CONC(=O)C1CCN(C(=O)c2ccc(C(F)(F)F)cc2)CC1. The van der Waals surface area contributed by atoms with Gasteiger partial charge in [0.25, 0.3) is 5.91 Å². The summed E-state index contributed by atoms with van der Waals surface area (Å²) in [5.41, 5.74) is 1.68. The van der Waals surface area contributed by atoms with Crippen LogP contribution in [0.5, 0.6) is 0 Å². The zero-order valence-electron chi connectivity index (χ0n) is 12.5. The molecule has 1 aromatic carbocycles. The second-order valence-electron chi connectivity index (χ2n) is 5.31. The van der Waals surface area contributed by atoms with E-state index in [1.807, 2.05) is 0 Å². The largest absolute Gasteiger partial charge is 0.416 e. The van der Waals surface area contributed by atoms with E-state index in [9.17, 15) is 22.8 Å². The molecule has 1 aromatic rings. The Kier molecular flexibility index (Phi) is 5.25. The molecule has 2 amide bonds. The molecule has 0 atom stereocenters. The molecule has 1 heterocycles. The number of halogens is 3. The minimum absolute atomic E-state index is 0.206. The topological polar surface area (TPSA) is 58.6 Å². The molecule has 2 rings (SSSR count). The summed E-state index contributed by atoms with van der Waals surface area (Å²) in [5.74, 6) is -0.787. The standard InChI is InChI=1S/C15H17F3N2O3/c1-23-19-13(21)10-6-8-20(9-7-10)14(22)11-2-4-12(5-3-11)15(16,17)18/h2-5,10H,6-9H2,1H3,(H,19,21). The quantitative estimate of drug-likeness (QED) is 0.865. The number of alkyl halides is 3. The van der Waals surface area contributed by atoms with Crippen molar-refractivity contribution >= 4 is 11.8 Å². The number of likely N-dealkylation sites (tertiary alicyclic amines) is 1. The smallest absolute Gasteiger partial charge is 0.339 e. The van der Waals surface area contributed by atoms with Gasteiger partial charge in [0, 0.05) is 24.6 Å². The molecule has 0 aromatic heterocycles. The average Bonchev–Trinajstić information content (AvgIpc) is 2.54. The molecule has 23 heavy (non-hydrogen) atoms. The first-order valence-electron chi connectivity index (χ1n) is 7.12. The first-order valence-corrected chi connectivity index (χ1v) is 7.12. The molecule has 0 unspecified atom stereocenters. The number of piperidine rings is 1. The Labute approximate surface area is 131 Å². The second-order valence-corrected chi connectivity index (χ2v) is 5.31. The summed E-state index contributed by atoms with van der Waals surface area (Å²) in [6, 6.07) is 4.14. The van der Waals surface area contributed by atoms with Crippen molar-refractivity contribution in [1.82, 2.24) is 10.4 Å². The van der Waals surface area contributed by atoms with Gasteiger partial charge >= 0.3 is 6.18 Å². The zero-order valence-corrected chi connectivity index (χ0v) is 12.5. The first kappa shape index (κ1) is 17.3. The van der Waals surface area contributed by atoms with Crippen molar-refractivity contribution in [1.29, 1.82) is 0 Å². The molecule has 1 aliphatic rings. The van der Waals surface area contributed by atoms with E-state index in [4.69, 9.17) is 0 Å². The normalized spacial score (nSPS) is 16.3. The zero-order chi connectivity index (χ0) is 17.0. The van der Waals surface area contributed by atoms with Gasteiger partial charge in [0.05, 0.1) is 12.7 Å². The van der Waals surface area contributed by atoms with Crippen LogP contribution in [-0.4, -0.2) is 36.9 Å². The van der Waals surface area contributed by atoms with Crippen molar-refractivity contribution in [3.8, 4) is 0 Å². The Hall–Kier alpha value is -2.09. The van der Waals surface area contributed by atoms with Crippen molar-refractivity contribution in [2.75, 3.05) is 20.2 Å². The maximum atomic E-state index is 12.5. The third-order valence-electron chi connectivity index (χ3n) is 3.81. The van der Waals surface area contributed by atoms with Gasteiger partial charge < -0.3 is 4.90 Å². The van der Waals surface area contributed by atoms with Crippen LogP contribution in [-0.2, 0) is 15.8 Å². The maximum absolute atomic E-state index is 12.5. The van der Waals surface area contributed by atoms with Crippen LogP contribution in [0.15, 0.2) is 24.3 Å². The maximum Gasteiger partial charge on any atom is 0.416 e. The van der Waals surface area contributed by atoms with Gasteiger partial charge in [-0.3, -0.25) is 14.4 Å². The Balaban J connectivity index is 1.96. The summed E-state index contributed by atoms with van der Waals surface area (Å²) in [7, 11) is 1.35. The molecule has 5 nitrogen and oxygen atoms in total. The van der Waals surface area contributed by atoms with Gasteiger partial charge in [0.2, 0.25) is 5.91 Å². The number of amides is 2. The summed E-state index contributed by atoms with van der Waals surface area (Å²) < 4.78 is 37.5. The van der Waals surface area contributed by atoms with E-state index in [0.717, 1.165) is 12.1 Å². The van der Waals surface area contributed by atoms with E-state index in [0.29, 0.717) is 25.9 Å². The van der Waals surface area contributed by atoms with Crippen LogP contribution in [0.2, 0.25) is 0 Å². The Bertz CT molecular complexity index is 564. The number of nitrogens with zero attached hydrogens (tertiary/aromatic N) is 1. The number of benzene rings is 1. The summed E-state index contributed by atoms with van der Waals surface area (Å²) >= 11 is 0. The summed E-state index contributed by atoms with van der Waals surface area (Å²) in [5, 5.41) is 0. The second kappa shape index (κ2) is 6.99. The lowest BCUT2D eigenvalue weighted by molar-refractivity contribution is -0.138. The molecular formula is C15H17F3N2O3. The molecular weight excluding hydrogens is 313 g/mol. The Morgan fingerprint density at radius 1 is 1.17 bits per heavy atom. The first-order chi connectivity index (χ1) is 10.8. The highest BCUT2D eigenvalue weighted by Crippen LogP contribution is 2.29. The molecule has 0 saturated carbocycles. The molecule has 126 valence electrons. The monoisotopic (exact) mass is 330 g/mol. The minimum Gasteiger partial charge on any atom is -0.339 e. The van der Waals surface area contributed by atoms with Crippen LogP contribution >= 0.6 is 0 Å². The average molecular weight is 330 g/mol. The minimum atomic E-state index is -4.42. The van der Waals surface area contributed by atoms with Crippen LogP contribution in [0.25, 0.3) is 0 Å². The van der Waals surface area contributed by atoms with E-state index in [2.05, 4.69) is 10.3 Å². The molecule has 8 heteroatoms. The van der Waals surface area contributed by atoms with Crippen LogP contribution in [0.1, 0.15) is 28.8 Å².